The molecule has 0 saturated carbocycles. The molecule has 4 aromatic rings. The molecular weight excluding hydrogens is 478 g/mol. The summed E-state index contributed by atoms with van der Waals surface area (Å²) >= 11 is 2.69. The Morgan fingerprint density at radius 2 is 1.97 bits per heavy atom. The van der Waals surface area contributed by atoms with Gasteiger partial charge in [-0.25, -0.2) is 18.5 Å². The van der Waals surface area contributed by atoms with Gasteiger partial charge in [-0.2, -0.15) is 4.99 Å². The zero-order chi connectivity index (χ0) is 23.6. The monoisotopic (exact) mass is 501 g/mol. The fraction of sp³-hybridized carbons (Fsp3) is 0.227. The lowest BCUT2D eigenvalue weighted by Gasteiger charge is -2.05. The van der Waals surface area contributed by atoms with Gasteiger partial charge in [0.2, 0.25) is 10.0 Å². The second-order valence-corrected chi connectivity index (χ2v) is 10.8. The lowest BCUT2D eigenvalue weighted by atomic mass is 10.1. The van der Waals surface area contributed by atoms with Gasteiger partial charge in [-0.05, 0) is 37.6 Å². The van der Waals surface area contributed by atoms with E-state index in [1.807, 2.05) is 34.6 Å². The van der Waals surface area contributed by atoms with Gasteiger partial charge in [-0.3, -0.25) is 4.79 Å². The largest absolute Gasteiger partial charge is 0.319 e. The topological polar surface area (TPSA) is 112 Å². The Morgan fingerprint density at radius 1 is 1.21 bits per heavy atom. The third-order valence-corrected chi connectivity index (χ3v) is 7.67. The number of primary sulfonamides is 1. The van der Waals surface area contributed by atoms with Crippen LogP contribution in [0.15, 0.2) is 69.1 Å². The standard InChI is InChI=1S/C22H23N5O3S3/c1-3-27-19-9-8-17(33(23,29)30)12-18(19)24-22(27)32-14-20(28)25-21-26(10-11-31-21)13-16-6-4-15(2)5-7-16/h4-12H,3,13-14H2,1-2H3,(H2,23,29,30). The van der Waals surface area contributed by atoms with Gasteiger partial charge in [0, 0.05) is 24.7 Å². The summed E-state index contributed by atoms with van der Waals surface area (Å²) in [7, 11) is -3.81. The fourth-order valence-corrected chi connectivity index (χ4v) is 5.48. The molecule has 172 valence electrons. The van der Waals surface area contributed by atoms with Crippen LogP contribution in [0, 0.1) is 6.92 Å². The van der Waals surface area contributed by atoms with E-state index in [1.54, 1.807) is 6.07 Å². The molecule has 0 fully saturated rings. The zero-order valence-corrected chi connectivity index (χ0v) is 20.6. The molecule has 1 amide bonds. The van der Waals surface area contributed by atoms with Gasteiger partial charge < -0.3 is 9.13 Å². The minimum absolute atomic E-state index is 0.00852. The van der Waals surface area contributed by atoms with E-state index < -0.39 is 10.0 Å². The van der Waals surface area contributed by atoms with Crippen molar-refractivity contribution in [3.05, 3.63) is 70.0 Å². The Hall–Kier alpha value is -2.73. The van der Waals surface area contributed by atoms with E-state index in [2.05, 4.69) is 34.2 Å². The number of aromatic nitrogens is 3. The molecule has 0 unspecified atom stereocenters. The number of carbonyl (C=O) groups excluding carboxylic acids is 1. The molecule has 2 N–H and O–H groups in total. The lowest BCUT2D eigenvalue weighted by Crippen LogP contribution is -2.17. The van der Waals surface area contributed by atoms with Gasteiger partial charge in [0.15, 0.2) is 9.96 Å². The quantitative estimate of drug-likeness (QED) is 0.391. The molecular formula is C22H23N5O3S3. The lowest BCUT2D eigenvalue weighted by molar-refractivity contribution is -0.115. The molecule has 0 atom stereocenters. The number of hydrogen-bond acceptors (Lipinski definition) is 6. The van der Waals surface area contributed by atoms with Crippen LogP contribution in [0.3, 0.4) is 0 Å². The Balaban J connectivity index is 1.52. The second kappa shape index (κ2) is 9.64. The van der Waals surface area contributed by atoms with E-state index in [4.69, 9.17) is 5.14 Å². The summed E-state index contributed by atoms with van der Waals surface area (Å²) in [4.78, 5) is 22.1. The number of amides is 1. The van der Waals surface area contributed by atoms with Gasteiger partial charge >= 0.3 is 0 Å². The SMILES string of the molecule is CCn1c(SCC(=O)N=c2sccn2Cc2ccc(C)cc2)nc2cc(S(N)(=O)=O)ccc21. The van der Waals surface area contributed by atoms with E-state index >= 15 is 0 Å². The van der Waals surface area contributed by atoms with E-state index in [0.717, 1.165) is 11.1 Å². The van der Waals surface area contributed by atoms with Crippen molar-refractivity contribution in [2.24, 2.45) is 10.1 Å². The highest BCUT2D eigenvalue weighted by Gasteiger charge is 2.15. The summed E-state index contributed by atoms with van der Waals surface area (Å²) in [6.45, 7) is 5.27. The molecule has 0 aliphatic carbocycles. The van der Waals surface area contributed by atoms with Crippen LogP contribution >= 0.6 is 23.1 Å². The number of hydrogen-bond donors (Lipinski definition) is 1. The minimum Gasteiger partial charge on any atom is -0.319 e. The number of fused-ring (bicyclic) bond motifs is 1. The Labute approximate surface area is 199 Å². The van der Waals surface area contributed by atoms with Crippen LogP contribution in [0.5, 0.6) is 0 Å². The highest BCUT2D eigenvalue weighted by Crippen LogP contribution is 2.26. The molecule has 4 rings (SSSR count). The third-order valence-electron chi connectivity index (χ3n) is 5.01. The highest BCUT2D eigenvalue weighted by atomic mass is 32.2. The van der Waals surface area contributed by atoms with Crippen LogP contribution < -0.4 is 9.94 Å². The van der Waals surface area contributed by atoms with Gasteiger partial charge in [-0.1, -0.05) is 41.6 Å². The van der Waals surface area contributed by atoms with Gasteiger partial charge in [0.25, 0.3) is 5.91 Å². The Kier molecular flexibility index (Phi) is 6.84. The number of carbonyl (C=O) groups is 1. The van der Waals surface area contributed by atoms with Crippen molar-refractivity contribution in [1.29, 1.82) is 0 Å². The van der Waals surface area contributed by atoms with E-state index in [-0.39, 0.29) is 16.6 Å². The number of nitrogens with zero attached hydrogens (tertiary/aromatic N) is 4. The maximum atomic E-state index is 12.6. The summed E-state index contributed by atoms with van der Waals surface area (Å²) in [5, 5.41) is 7.77. The summed E-state index contributed by atoms with van der Waals surface area (Å²) < 4.78 is 27.2. The number of benzene rings is 2. The minimum atomic E-state index is -3.81. The molecule has 2 aromatic carbocycles. The number of thiazole rings is 1. The molecule has 0 aliphatic heterocycles. The van der Waals surface area contributed by atoms with Crippen LogP contribution in [-0.2, 0) is 27.9 Å². The Bertz CT molecular complexity index is 1480. The molecule has 0 radical (unpaired) electrons. The number of nitrogens with two attached hydrogens (primary N) is 1. The first kappa shape index (κ1) is 23.4. The van der Waals surface area contributed by atoms with Crippen LogP contribution in [-0.4, -0.2) is 34.2 Å². The predicted molar refractivity (Wildman–Crippen MR) is 131 cm³/mol. The second-order valence-electron chi connectivity index (χ2n) is 7.43. The molecule has 11 heteroatoms. The van der Waals surface area contributed by atoms with Gasteiger partial charge in [0.1, 0.15) is 0 Å². The zero-order valence-electron chi connectivity index (χ0n) is 18.1. The average Bonchev–Trinajstić information content (AvgIpc) is 3.36. The smallest absolute Gasteiger partial charge is 0.258 e. The first-order valence-corrected chi connectivity index (χ1v) is 13.6. The van der Waals surface area contributed by atoms with Crippen LogP contribution in [0.2, 0.25) is 0 Å². The van der Waals surface area contributed by atoms with Crippen LogP contribution in [0.1, 0.15) is 18.1 Å². The van der Waals surface area contributed by atoms with Crippen molar-refractivity contribution in [3.8, 4) is 0 Å². The summed E-state index contributed by atoms with van der Waals surface area (Å²) in [5.41, 5.74) is 3.64. The van der Waals surface area contributed by atoms with Crippen molar-refractivity contribution in [2.45, 2.75) is 37.0 Å². The van der Waals surface area contributed by atoms with Crippen LogP contribution in [0.25, 0.3) is 11.0 Å². The molecule has 2 aromatic heterocycles. The number of aryl methyl sites for hydroxylation is 2. The summed E-state index contributed by atoms with van der Waals surface area (Å²) in [6, 6.07) is 12.9. The van der Waals surface area contributed by atoms with Crippen molar-refractivity contribution in [2.75, 3.05) is 5.75 Å². The van der Waals surface area contributed by atoms with Gasteiger partial charge in [0.05, 0.1) is 21.7 Å². The maximum absolute atomic E-state index is 12.6. The molecule has 0 spiro atoms. The molecule has 8 nitrogen and oxygen atoms in total. The van der Waals surface area contributed by atoms with E-state index in [1.165, 1.54) is 40.8 Å². The molecule has 0 saturated heterocycles. The average molecular weight is 502 g/mol. The summed E-state index contributed by atoms with van der Waals surface area (Å²) in [6.07, 6.45) is 1.92. The maximum Gasteiger partial charge on any atom is 0.258 e. The first-order valence-electron chi connectivity index (χ1n) is 10.2. The van der Waals surface area contributed by atoms with Crippen molar-refractivity contribution in [1.82, 2.24) is 14.1 Å². The molecule has 0 aliphatic rings. The van der Waals surface area contributed by atoms with Crippen molar-refractivity contribution < 1.29 is 13.2 Å². The van der Waals surface area contributed by atoms with E-state index in [0.29, 0.717) is 28.6 Å². The number of imidazole rings is 1. The van der Waals surface area contributed by atoms with Crippen molar-refractivity contribution >= 4 is 50.1 Å². The highest BCUT2D eigenvalue weighted by molar-refractivity contribution is 7.99. The summed E-state index contributed by atoms with van der Waals surface area (Å²) in [5.74, 6) is -0.145. The predicted octanol–water partition coefficient (Wildman–Crippen LogP) is 3.14. The number of sulfonamides is 1. The molecule has 2 heterocycles. The van der Waals surface area contributed by atoms with E-state index in [9.17, 15) is 13.2 Å². The van der Waals surface area contributed by atoms with Crippen molar-refractivity contribution in [3.63, 3.8) is 0 Å². The fourth-order valence-electron chi connectivity index (χ4n) is 3.34. The number of thioether (sulfide) groups is 1. The number of rotatable bonds is 7. The Morgan fingerprint density at radius 3 is 2.67 bits per heavy atom. The van der Waals surface area contributed by atoms with Crippen LogP contribution in [0.4, 0.5) is 0 Å². The first-order chi connectivity index (χ1) is 15.7. The molecule has 33 heavy (non-hydrogen) atoms. The third kappa shape index (κ3) is 5.44. The molecule has 0 bridgehead atoms. The van der Waals surface area contributed by atoms with Gasteiger partial charge in [-0.15, -0.1) is 11.3 Å². The normalized spacial score (nSPS) is 12.5.